The zero-order valence-electron chi connectivity index (χ0n) is 14.4. The fraction of sp³-hybridized carbons (Fsp3) is 0.316. The molecule has 3 saturated carbocycles. The molecule has 136 valence electrons. The fourth-order valence-electron chi connectivity index (χ4n) is 4.16. The van der Waals surface area contributed by atoms with E-state index in [2.05, 4.69) is 15.2 Å². The molecule has 2 bridgehead atoms. The maximum absolute atomic E-state index is 13.7. The van der Waals surface area contributed by atoms with E-state index in [1.807, 2.05) is 12.1 Å². The maximum atomic E-state index is 13.7. The van der Waals surface area contributed by atoms with Crippen molar-refractivity contribution in [1.29, 1.82) is 0 Å². The number of rotatable bonds is 4. The Bertz CT molecular complexity index is 1120. The van der Waals surface area contributed by atoms with E-state index in [0.717, 1.165) is 5.56 Å². The quantitative estimate of drug-likeness (QED) is 0.655. The molecule has 3 aliphatic carbocycles. The minimum atomic E-state index is -1.13. The van der Waals surface area contributed by atoms with Crippen LogP contribution in [0, 0.1) is 0 Å². The zero-order valence-corrected chi connectivity index (χ0v) is 14.4. The van der Waals surface area contributed by atoms with E-state index in [9.17, 15) is 14.0 Å². The lowest BCUT2D eigenvalue weighted by Crippen LogP contribution is -2.72. The molecule has 7 nitrogen and oxygen atoms in total. The first kappa shape index (κ1) is 16.0. The molecule has 0 saturated heterocycles. The lowest BCUT2D eigenvalue weighted by Gasteiger charge is -2.65. The summed E-state index contributed by atoms with van der Waals surface area (Å²) >= 11 is 0. The normalized spacial score (nSPS) is 25.5. The highest BCUT2D eigenvalue weighted by Crippen LogP contribution is 2.66. The molecule has 0 aliphatic heterocycles. The first-order valence-electron chi connectivity index (χ1n) is 8.73. The van der Waals surface area contributed by atoms with Gasteiger partial charge in [0.25, 0.3) is 0 Å². The predicted molar refractivity (Wildman–Crippen MR) is 95.0 cm³/mol. The molecule has 0 atom stereocenters. The van der Waals surface area contributed by atoms with Crippen molar-refractivity contribution in [2.24, 2.45) is 0 Å². The van der Waals surface area contributed by atoms with Gasteiger partial charge in [-0.05, 0) is 24.3 Å². The van der Waals surface area contributed by atoms with Gasteiger partial charge >= 0.3 is 11.1 Å². The van der Waals surface area contributed by atoms with E-state index < -0.39 is 22.3 Å². The summed E-state index contributed by atoms with van der Waals surface area (Å²) in [6, 6.07) is 7.26. The van der Waals surface area contributed by atoms with Crippen molar-refractivity contribution in [3.8, 4) is 11.3 Å². The van der Waals surface area contributed by atoms with Crippen LogP contribution in [-0.4, -0.2) is 30.0 Å². The van der Waals surface area contributed by atoms with Crippen LogP contribution >= 0.6 is 0 Å². The number of alkyl halides is 1. The molecule has 3 aromatic rings. The third-order valence-corrected chi connectivity index (χ3v) is 5.52. The molecule has 3 fully saturated rings. The van der Waals surface area contributed by atoms with Crippen LogP contribution in [0.2, 0.25) is 0 Å². The third kappa shape index (κ3) is 2.43. The molecule has 0 spiro atoms. The number of nitrogens with zero attached hydrogens (tertiary/aromatic N) is 5. The molecule has 0 amide bonds. The molecule has 0 unspecified atom stereocenters. The van der Waals surface area contributed by atoms with Gasteiger partial charge in [-0.2, -0.15) is 10.2 Å². The number of aromatic nitrogens is 5. The monoisotopic (exact) mass is 365 g/mol. The van der Waals surface area contributed by atoms with Gasteiger partial charge in [0.15, 0.2) is 0 Å². The number of hydrogen-bond acceptors (Lipinski definition) is 5. The first-order chi connectivity index (χ1) is 13.0. The predicted octanol–water partition coefficient (Wildman–Crippen LogP) is 1.51. The number of halogens is 1. The molecule has 3 heterocycles. The topological polar surface area (TPSA) is 82.7 Å². The summed E-state index contributed by atoms with van der Waals surface area (Å²) in [5.41, 5.74) is -0.767. The van der Waals surface area contributed by atoms with Crippen LogP contribution in [0.15, 0.2) is 58.6 Å². The van der Waals surface area contributed by atoms with Crippen LogP contribution in [0.1, 0.15) is 25.0 Å². The van der Waals surface area contributed by atoms with Crippen LogP contribution in [0.5, 0.6) is 0 Å². The smallest absolute Gasteiger partial charge is 0.303 e. The van der Waals surface area contributed by atoms with Crippen LogP contribution < -0.4 is 11.1 Å². The maximum Gasteiger partial charge on any atom is 0.316 e. The summed E-state index contributed by atoms with van der Waals surface area (Å²) in [7, 11) is 0. The Morgan fingerprint density at radius 2 is 1.85 bits per heavy atom. The first-order valence-corrected chi connectivity index (χ1v) is 8.73. The standard InChI is InChI=1S/C19H16FN5O2/c20-18-10-19(11-18,12-18)25-7-6-24(16(26)17(25)27)9-14-3-4-15(23-22-14)13-2-1-5-21-8-13/h1-8H,9-12H2. The minimum Gasteiger partial charge on any atom is -0.303 e. The Balaban J connectivity index is 1.39. The van der Waals surface area contributed by atoms with Crippen LogP contribution in [0.3, 0.4) is 0 Å². The van der Waals surface area contributed by atoms with Crippen molar-refractivity contribution in [3.05, 3.63) is 75.5 Å². The third-order valence-electron chi connectivity index (χ3n) is 5.52. The van der Waals surface area contributed by atoms with Crippen molar-refractivity contribution in [2.45, 2.75) is 37.0 Å². The van der Waals surface area contributed by atoms with Crippen molar-refractivity contribution < 1.29 is 4.39 Å². The lowest BCUT2D eigenvalue weighted by atomic mass is 9.47. The molecular formula is C19H16FN5O2. The Morgan fingerprint density at radius 1 is 1.04 bits per heavy atom. The van der Waals surface area contributed by atoms with E-state index in [1.165, 1.54) is 9.13 Å². The molecule has 6 rings (SSSR count). The van der Waals surface area contributed by atoms with Gasteiger partial charge in [-0.3, -0.25) is 14.6 Å². The Kier molecular flexibility index (Phi) is 3.22. The van der Waals surface area contributed by atoms with Gasteiger partial charge in [-0.15, -0.1) is 0 Å². The van der Waals surface area contributed by atoms with Crippen LogP contribution in [0.25, 0.3) is 11.3 Å². The molecule has 0 aromatic carbocycles. The number of pyridine rings is 1. The van der Waals surface area contributed by atoms with Crippen molar-refractivity contribution >= 4 is 0 Å². The highest BCUT2D eigenvalue weighted by atomic mass is 19.1. The van der Waals surface area contributed by atoms with Crippen molar-refractivity contribution in [2.75, 3.05) is 0 Å². The molecule has 3 aromatic heterocycles. The summed E-state index contributed by atoms with van der Waals surface area (Å²) in [6.07, 6.45) is 7.49. The van der Waals surface area contributed by atoms with Gasteiger partial charge in [-0.25, -0.2) is 4.39 Å². The Morgan fingerprint density at radius 3 is 2.48 bits per heavy atom. The average molecular weight is 365 g/mol. The summed E-state index contributed by atoms with van der Waals surface area (Å²) in [5, 5.41) is 8.30. The molecule has 27 heavy (non-hydrogen) atoms. The molecule has 0 radical (unpaired) electrons. The van der Waals surface area contributed by atoms with E-state index in [-0.39, 0.29) is 6.54 Å². The Labute approximate surface area is 153 Å². The van der Waals surface area contributed by atoms with Gasteiger partial charge in [-0.1, -0.05) is 0 Å². The molecule has 8 heteroatoms. The molecule has 3 aliphatic rings. The highest BCUT2D eigenvalue weighted by Gasteiger charge is 2.70. The van der Waals surface area contributed by atoms with E-state index in [1.54, 1.807) is 36.9 Å². The highest BCUT2D eigenvalue weighted by molar-refractivity contribution is 5.56. The minimum absolute atomic E-state index is 0.148. The summed E-state index contributed by atoms with van der Waals surface area (Å²) in [6.45, 7) is 0.148. The summed E-state index contributed by atoms with van der Waals surface area (Å²) in [4.78, 5) is 28.9. The second-order valence-electron chi connectivity index (χ2n) is 7.46. The van der Waals surface area contributed by atoms with Gasteiger partial charge in [0.1, 0.15) is 5.67 Å². The van der Waals surface area contributed by atoms with E-state index >= 15 is 0 Å². The van der Waals surface area contributed by atoms with Crippen molar-refractivity contribution in [3.63, 3.8) is 0 Å². The summed E-state index contributed by atoms with van der Waals surface area (Å²) < 4.78 is 16.5. The lowest BCUT2D eigenvalue weighted by molar-refractivity contribution is -0.199. The fourth-order valence-corrected chi connectivity index (χ4v) is 4.16. The molecule has 0 N–H and O–H groups in total. The molecular weight excluding hydrogens is 349 g/mol. The van der Waals surface area contributed by atoms with Gasteiger partial charge in [0.2, 0.25) is 0 Å². The van der Waals surface area contributed by atoms with Crippen LogP contribution in [0.4, 0.5) is 4.39 Å². The van der Waals surface area contributed by atoms with Gasteiger partial charge < -0.3 is 9.13 Å². The van der Waals surface area contributed by atoms with E-state index in [4.69, 9.17) is 0 Å². The second-order valence-corrected chi connectivity index (χ2v) is 7.46. The number of hydrogen-bond donors (Lipinski definition) is 0. The average Bonchev–Trinajstić information content (AvgIpc) is 2.64. The largest absolute Gasteiger partial charge is 0.316 e. The van der Waals surface area contributed by atoms with Gasteiger partial charge in [0.05, 0.1) is 23.5 Å². The second kappa shape index (κ2) is 5.42. The SMILES string of the molecule is O=c1c(=O)n(C23CC(F)(C2)C3)ccn1Cc1ccc(-c2cccnc2)nn1. The van der Waals surface area contributed by atoms with Crippen molar-refractivity contribution in [1.82, 2.24) is 24.3 Å². The zero-order chi connectivity index (χ0) is 18.6. The van der Waals surface area contributed by atoms with Gasteiger partial charge in [0, 0.05) is 49.6 Å². The summed E-state index contributed by atoms with van der Waals surface area (Å²) in [5.74, 6) is 0. The van der Waals surface area contributed by atoms with E-state index in [0.29, 0.717) is 30.7 Å². The van der Waals surface area contributed by atoms with Crippen LogP contribution in [-0.2, 0) is 12.1 Å². The Hall–Kier alpha value is -3.16.